The number of anilines is 1. The van der Waals surface area contributed by atoms with Gasteiger partial charge in [-0.15, -0.1) is 11.3 Å². The van der Waals surface area contributed by atoms with E-state index in [0.29, 0.717) is 10.6 Å². The van der Waals surface area contributed by atoms with Gasteiger partial charge in [0, 0.05) is 10.3 Å². The maximum atomic E-state index is 14.0. The molecular formula is C26H18FNO4S. The second kappa shape index (κ2) is 8.18. The topological polar surface area (TPSA) is 66.8 Å². The minimum Gasteiger partial charge on any atom is -0.507 e. The number of rotatable bonds is 4. The van der Waals surface area contributed by atoms with Crippen LogP contribution in [0.15, 0.2) is 83.7 Å². The lowest BCUT2D eigenvalue weighted by Gasteiger charge is -2.25. The van der Waals surface area contributed by atoms with E-state index in [4.69, 9.17) is 4.74 Å². The summed E-state index contributed by atoms with van der Waals surface area (Å²) in [6.07, 6.45) is 0. The number of hydrogen-bond donors (Lipinski definition) is 1. The summed E-state index contributed by atoms with van der Waals surface area (Å²) in [5, 5.41) is 14.8. The number of thiophene rings is 1. The fourth-order valence-electron chi connectivity index (χ4n) is 4.23. The normalized spacial score (nSPS) is 17.6. The SMILES string of the molecule is COc1ccc(F)cc1/C(O)=C1/C(=O)C(=O)N(c2cccc3ccccc23)C1c1cccs1. The van der Waals surface area contributed by atoms with E-state index < -0.39 is 29.3 Å². The van der Waals surface area contributed by atoms with Crippen molar-refractivity contribution in [3.05, 3.63) is 100 Å². The zero-order valence-electron chi connectivity index (χ0n) is 17.5. The average molecular weight is 459 g/mol. The van der Waals surface area contributed by atoms with Crippen molar-refractivity contribution in [2.24, 2.45) is 0 Å². The van der Waals surface area contributed by atoms with Crippen molar-refractivity contribution in [2.75, 3.05) is 12.0 Å². The van der Waals surface area contributed by atoms with Gasteiger partial charge in [-0.3, -0.25) is 14.5 Å². The third-order valence-electron chi connectivity index (χ3n) is 5.70. The van der Waals surface area contributed by atoms with Gasteiger partial charge in [0.1, 0.15) is 23.4 Å². The number of Topliss-reactive ketones (excluding diaryl/α,β-unsaturated/α-hetero) is 1. The van der Waals surface area contributed by atoms with Gasteiger partial charge in [-0.2, -0.15) is 0 Å². The molecule has 5 nitrogen and oxygen atoms in total. The molecule has 7 heteroatoms. The van der Waals surface area contributed by atoms with Crippen molar-refractivity contribution in [2.45, 2.75) is 6.04 Å². The summed E-state index contributed by atoms with van der Waals surface area (Å²) in [6.45, 7) is 0. The first-order valence-electron chi connectivity index (χ1n) is 10.2. The van der Waals surface area contributed by atoms with E-state index in [2.05, 4.69) is 0 Å². The Morgan fingerprint density at radius 1 is 1.03 bits per heavy atom. The van der Waals surface area contributed by atoms with E-state index >= 15 is 0 Å². The summed E-state index contributed by atoms with van der Waals surface area (Å²) in [5.74, 6) is -2.50. The Morgan fingerprint density at radius 2 is 1.82 bits per heavy atom. The number of halogens is 1. The van der Waals surface area contributed by atoms with Gasteiger partial charge in [-0.25, -0.2) is 4.39 Å². The molecule has 0 spiro atoms. The summed E-state index contributed by atoms with van der Waals surface area (Å²) >= 11 is 1.36. The molecule has 1 atom stereocenters. The minimum absolute atomic E-state index is 0.00924. The summed E-state index contributed by atoms with van der Waals surface area (Å²) in [6, 6.07) is 19.5. The van der Waals surface area contributed by atoms with Crippen LogP contribution >= 0.6 is 11.3 Å². The minimum atomic E-state index is -0.872. The number of fused-ring (bicyclic) bond motifs is 1. The van der Waals surface area contributed by atoms with E-state index in [9.17, 15) is 19.1 Å². The molecule has 0 bridgehead atoms. The van der Waals surface area contributed by atoms with Crippen LogP contribution in [0.3, 0.4) is 0 Å². The first-order valence-corrected chi connectivity index (χ1v) is 11.1. The molecule has 0 saturated carbocycles. The van der Waals surface area contributed by atoms with E-state index in [1.165, 1.54) is 35.5 Å². The smallest absolute Gasteiger partial charge is 0.300 e. The van der Waals surface area contributed by atoms with Gasteiger partial charge < -0.3 is 9.84 Å². The molecule has 0 radical (unpaired) electrons. The number of hydrogen-bond acceptors (Lipinski definition) is 5. The fourth-order valence-corrected chi connectivity index (χ4v) is 5.05. The monoisotopic (exact) mass is 459 g/mol. The summed E-state index contributed by atoms with van der Waals surface area (Å²) in [5.41, 5.74) is 0.452. The lowest BCUT2D eigenvalue weighted by atomic mass is 9.98. The molecule has 33 heavy (non-hydrogen) atoms. The molecule has 1 amide bonds. The maximum Gasteiger partial charge on any atom is 0.300 e. The number of benzene rings is 3. The number of amides is 1. The molecule has 1 aliphatic heterocycles. The molecule has 1 unspecified atom stereocenters. The largest absolute Gasteiger partial charge is 0.507 e. The third-order valence-corrected chi connectivity index (χ3v) is 6.62. The number of methoxy groups -OCH3 is 1. The molecule has 5 rings (SSSR count). The van der Waals surface area contributed by atoms with Crippen LogP contribution in [0.25, 0.3) is 16.5 Å². The van der Waals surface area contributed by atoms with Gasteiger partial charge in [-0.1, -0.05) is 42.5 Å². The highest BCUT2D eigenvalue weighted by atomic mass is 32.1. The summed E-state index contributed by atoms with van der Waals surface area (Å²) < 4.78 is 19.3. The van der Waals surface area contributed by atoms with E-state index in [0.717, 1.165) is 16.8 Å². The van der Waals surface area contributed by atoms with E-state index in [1.807, 2.05) is 47.8 Å². The molecule has 164 valence electrons. The standard InChI is InChI=1S/C26H18FNO4S/c1-32-20-12-11-16(27)14-18(20)24(29)22-23(21-10-5-13-33-21)28(26(31)25(22)30)19-9-4-7-15-6-2-3-8-17(15)19/h2-14,23,29H,1H3/b24-22-. The zero-order chi connectivity index (χ0) is 23.1. The van der Waals surface area contributed by atoms with Gasteiger partial charge in [-0.05, 0) is 41.1 Å². The Balaban J connectivity index is 1.79. The van der Waals surface area contributed by atoms with Crippen molar-refractivity contribution in [3.8, 4) is 5.75 Å². The van der Waals surface area contributed by atoms with Crippen LogP contribution in [-0.4, -0.2) is 23.9 Å². The van der Waals surface area contributed by atoms with Crippen LogP contribution in [0.2, 0.25) is 0 Å². The lowest BCUT2D eigenvalue weighted by Crippen LogP contribution is -2.29. The molecule has 1 aliphatic rings. The predicted octanol–water partition coefficient (Wildman–Crippen LogP) is 5.68. The second-order valence-corrected chi connectivity index (χ2v) is 8.51. The molecule has 1 N–H and O–H groups in total. The molecule has 4 aromatic rings. The van der Waals surface area contributed by atoms with Crippen LogP contribution in [0, 0.1) is 5.82 Å². The summed E-state index contributed by atoms with van der Waals surface area (Å²) in [4.78, 5) is 28.7. The highest BCUT2D eigenvalue weighted by molar-refractivity contribution is 7.10. The van der Waals surface area contributed by atoms with Crippen LogP contribution in [0.4, 0.5) is 10.1 Å². The third kappa shape index (κ3) is 3.37. The second-order valence-electron chi connectivity index (χ2n) is 7.53. The van der Waals surface area contributed by atoms with Crippen LogP contribution < -0.4 is 9.64 Å². The highest BCUT2D eigenvalue weighted by Crippen LogP contribution is 2.46. The van der Waals surface area contributed by atoms with Crippen LogP contribution in [0.1, 0.15) is 16.5 Å². The van der Waals surface area contributed by atoms with E-state index in [-0.39, 0.29) is 16.9 Å². The van der Waals surface area contributed by atoms with Crippen molar-refractivity contribution in [3.63, 3.8) is 0 Å². The van der Waals surface area contributed by atoms with Gasteiger partial charge in [0.25, 0.3) is 11.7 Å². The van der Waals surface area contributed by atoms with Gasteiger partial charge in [0.2, 0.25) is 0 Å². The summed E-state index contributed by atoms with van der Waals surface area (Å²) in [7, 11) is 1.38. The number of carbonyl (C=O) groups is 2. The number of aliphatic hydroxyl groups is 1. The molecular weight excluding hydrogens is 441 g/mol. The molecule has 2 heterocycles. The first kappa shape index (κ1) is 20.9. The molecule has 1 fully saturated rings. The predicted molar refractivity (Wildman–Crippen MR) is 126 cm³/mol. The van der Waals surface area contributed by atoms with E-state index in [1.54, 1.807) is 12.1 Å². The molecule has 1 aromatic heterocycles. The number of aliphatic hydroxyl groups excluding tert-OH is 1. The number of nitrogens with zero attached hydrogens (tertiary/aromatic N) is 1. The maximum absolute atomic E-state index is 14.0. The first-order chi connectivity index (χ1) is 16.0. The Morgan fingerprint density at radius 3 is 2.58 bits per heavy atom. The molecule has 1 saturated heterocycles. The van der Waals surface area contributed by atoms with Crippen molar-refractivity contribution < 1.29 is 23.8 Å². The number of ketones is 1. The number of carbonyl (C=O) groups excluding carboxylic acids is 2. The van der Waals surface area contributed by atoms with Crippen LogP contribution in [-0.2, 0) is 9.59 Å². The zero-order valence-corrected chi connectivity index (χ0v) is 18.3. The quantitative estimate of drug-likeness (QED) is 0.242. The number of ether oxygens (including phenoxy) is 1. The average Bonchev–Trinajstić information content (AvgIpc) is 3.45. The van der Waals surface area contributed by atoms with Crippen molar-refractivity contribution in [1.29, 1.82) is 0 Å². The van der Waals surface area contributed by atoms with Gasteiger partial charge in [0.05, 0.1) is 23.9 Å². The Hall–Kier alpha value is -3.97. The Kier molecular flexibility index (Phi) is 5.18. The van der Waals surface area contributed by atoms with Gasteiger partial charge >= 0.3 is 0 Å². The Labute approximate surface area is 193 Å². The molecule has 0 aliphatic carbocycles. The van der Waals surface area contributed by atoms with Gasteiger partial charge in [0.15, 0.2) is 0 Å². The van der Waals surface area contributed by atoms with Crippen molar-refractivity contribution >= 4 is 45.2 Å². The molecule has 3 aromatic carbocycles. The Bertz CT molecular complexity index is 1420. The van der Waals surface area contributed by atoms with Crippen LogP contribution in [0.5, 0.6) is 5.75 Å². The lowest BCUT2D eigenvalue weighted by molar-refractivity contribution is -0.132. The van der Waals surface area contributed by atoms with Crippen molar-refractivity contribution in [1.82, 2.24) is 0 Å². The fraction of sp³-hybridized carbons (Fsp3) is 0.0769. The highest BCUT2D eigenvalue weighted by Gasteiger charge is 2.48.